The lowest BCUT2D eigenvalue weighted by atomic mass is 10.1. The quantitative estimate of drug-likeness (QED) is 0.591. The fraction of sp³-hybridized carbons (Fsp3) is 0.917. The Kier molecular flexibility index (Phi) is 7.16. The number of amides is 1. The second-order valence-electron chi connectivity index (χ2n) is 4.43. The van der Waals surface area contributed by atoms with E-state index in [2.05, 4.69) is 10.6 Å². The molecule has 0 aromatic rings. The summed E-state index contributed by atoms with van der Waals surface area (Å²) >= 11 is 0. The average Bonchev–Trinajstić information content (AvgIpc) is 2.37. The van der Waals surface area contributed by atoms with Gasteiger partial charge in [-0.3, -0.25) is 4.79 Å². The van der Waals surface area contributed by atoms with E-state index in [1.54, 1.807) is 0 Å². The van der Waals surface area contributed by atoms with Crippen molar-refractivity contribution >= 4 is 5.91 Å². The summed E-state index contributed by atoms with van der Waals surface area (Å²) in [4.78, 5) is 11.5. The molecule has 1 saturated heterocycles. The van der Waals surface area contributed by atoms with E-state index in [4.69, 9.17) is 9.84 Å². The standard InChI is InChI=1S/C12H24N2O3/c1-2-10(9-15)14-12(16)5-8-17-11-3-6-13-7-4-11/h10-11,13,15H,2-9H2,1H3,(H,14,16)/t10-/m1/s1. The third kappa shape index (κ3) is 6.00. The van der Waals surface area contributed by atoms with Crippen molar-refractivity contribution in [3.63, 3.8) is 0 Å². The first-order chi connectivity index (χ1) is 8.26. The second-order valence-corrected chi connectivity index (χ2v) is 4.43. The first-order valence-corrected chi connectivity index (χ1v) is 6.48. The summed E-state index contributed by atoms with van der Waals surface area (Å²) < 4.78 is 5.64. The number of piperidine rings is 1. The number of hydrogen-bond acceptors (Lipinski definition) is 4. The molecule has 1 amide bonds. The van der Waals surface area contributed by atoms with Crippen LogP contribution in [0.3, 0.4) is 0 Å². The third-order valence-electron chi connectivity index (χ3n) is 3.05. The molecule has 17 heavy (non-hydrogen) atoms. The molecule has 1 heterocycles. The molecule has 0 radical (unpaired) electrons. The van der Waals surface area contributed by atoms with E-state index in [9.17, 15) is 4.79 Å². The topological polar surface area (TPSA) is 70.6 Å². The zero-order chi connectivity index (χ0) is 12.5. The molecule has 1 atom stereocenters. The number of ether oxygens (including phenoxy) is 1. The summed E-state index contributed by atoms with van der Waals surface area (Å²) in [5.41, 5.74) is 0. The Labute approximate surface area is 103 Å². The first-order valence-electron chi connectivity index (χ1n) is 6.48. The number of nitrogens with one attached hydrogen (secondary N) is 2. The molecule has 3 N–H and O–H groups in total. The molecule has 1 fully saturated rings. The molecule has 5 heteroatoms. The van der Waals surface area contributed by atoms with Gasteiger partial charge in [-0.15, -0.1) is 0 Å². The Morgan fingerprint density at radius 2 is 2.24 bits per heavy atom. The zero-order valence-electron chi connectivity index (χ0n) is 10.6. The molecule has 100 valence electrons. The van der Waals surface area contributed by atoms with E-state index in [0.717, 1.165) is 32.4 Å². The van der Waals surface area contributed by atoms with Crippen LogP contribution in [-0.4, -0.2) is 49.5 Å². The summed E-state index contributed by atoms with van der Waals surface area (Å²) in [6.45, 7) is 4.40. The van der Waals surface area contributed by atoms with Crippen LogP contribution in [0.25, 0.3) is 0 Å². The minimum absolute atomic E-state index is 0.00259. The van der Waals surface area contributed by atoms with E-state index in [0.29, 0.717) is 19.1 Å². The van der Waals surface area contributed by atoms with Crippen molar-refractivity contribution in [2.24, 2.45) is 0 Å². The lowest BCUT2D eigenvalue weighted by molar-refractivity contribution is -0.123. The molecule has 0 unspecified atom stereocenters. The van der Waals surface area contributed by atoms with Crippen LogP contribution in [0.15, 0.2) is 0 Å². The first kappa shape index (κ1) is 14.4. The van der Waals surface area contributed by atoms with Crippen LogP contribution in [0.1, 0.15) is 32.6 Å². The minimum atomic E-state index is -0.124. The monoisotopic (exact) mass is 244 g/mol. The zero-order valence-corrected chi connectivity index (χ0v) is 10.6. The van der Waals surface area contributed by atoms with Gasteiger partial charge in [-0.2, -0.15) is 0 Å². The number of aliphatic hydroxyl groups excluding tert-OH is 1. The molecule has 0 bridgehead atoms. The highest BCUT2D eigenvalue weighted by Crippen LogP contribution is 2.07. The van der Waals surface area contributed by atoms with Crippen molar-refractivity contribution in [1.29, 1.82) is 0 Å². The lowest BCUT2D eigenvalue weighted by Crippen LogP contribution is -2.38. The van der Waals surface area contributed by atoms with E-state index >= 15 is 0 Å². The highest BCUT2D eigenvalue weighted by Gasteiger charge is 2.14. The maximum absolute atomic E-state index is 11.5. The minimum Gasteiger partial charge on any atom is -0.394 e. The van der Waals surface area contributed by atoms with Crippen LogP contribution in [0, 0.1) is 0 Å². The molecule has 0 aliphatic carbocycles. The summed E-state index contributed by atoms with van der Waals surface area (Å²) in [6.07, 6.45) is 3.47. The van der Waals surface area contributed by atoms with Crippen molar-refractivity contribution < 1.29 is 14.6 Å². The van der Waals surface area contributed by atoms with Gasteiger partial charge in [-0.05, 0) is 32.4 Å². The molecule has 1 aliphatic rings. The van der Waals surface area contributed by atoms with Crippen molar-refractivity contribution in [2.45, 2.75) is 44.8 Å². The van der Waals surface area contributed by atoms with Gasteiger partial charge in [0.05, 0.1) is 25.4 Å². The fourth-order valence-corrected chi connectivity index (χ4v) is 1.86. The average molecular weight is 244 g/mol. The van der Waals surface area contributed by atoms with Crippen LogP contribution in [0.5, 0.6) is 0 Å². The Balaban J connectivity index is 2.06. The summed E-state index contributed by atoms with van der Waals surface area (Å²) in [5, 5.41) is 15.0. The smallest absolute Gasteiger partial charge is 0.222 e. The molecule has 1 rings (SSSR count). The van der Waals surface area contributed by atoms with Gasteiger partial charge in [0.2, 0.25) is 5.91 Å². The maximum Gasteiger partial charge on any atom is 0.222 e. The van der Waals surface area contributed by atoms with Gasteiger partial charge in [-0.1, -0.05) is 6.92 Å². The summed E-state index contributed by atoms with van der Waals surface area (Å²) in [6, 6.07) is -0.124. The van der Waals surface area contributed by atoms with Crippen LogP contribution >= 0.6 is 0 Å². The van der Waals surface area contributed by atoms with Gasteiger partial charge in [-0.25, -0.2) is 0 Å². The van der Waals surface area contributed by atoms with Crippen molar-refractivity contribution in [3.8, 4) is 0 Å². The van der Waals surface area contributed by atoms with E-state index in [-0.39, 0.29) is 18.6 Å². The van der Waals surface area contributed by atoms with Gasteiger partial charge in [0.25, 0.3) is 0 Å². The Hall–Kier alpha value is -0.650. The molecule has 0 aromatic heterocycles. The molecule has 0 spiro atoms. The molecule has 1 aliphatic heterocycles. The fourth-order valence-electron chi connectivity index (χ4n) is 1.86. The van der Waals surface area contributed by atoms with Crippen molar-refractivity contribution in [3.05, 3.63) is 0 Å². The predicted octanol–water partition coefficient (Wildman–Crippen LogP) is 0.0322. The van der Waals surface area contributed by atoms with Gasteiger partial charge in [0.15, 0.2) is 0 Å². The van der Waals surface area contributed by atoms with E-state index in [1.807, 2.05) is 6.92 Å². The normalized spacial score (nSPS) is 18.9. The summed E-state index contributed by atoms with van der Waals surface area (Å²) in [7, 11) is 0. The SMILES string of the molecule is CC[C@H](CO)NC(=O)CCOC1CCNCC1. The Morgan fingerprint density at radius 3 is 2.82 bits per heavy atom. The molecule has 0 saturated carbocycles. The Bertz CT molecular complexity index is 214. The van der Waals surface area contributed by atoms with Crippen LogP contribution in [-0.2, 0) is 9.53 Å². The van der Waals surface area contributed by atoms with Gasteiger partial charge in [0, 0.05) is 6.42 Å². The van der Waals surface area contributed by atoms with E-state index < -0.39 is 0 Å². The Morgan fingerprint density at radius 1 is 1.53 bits per heavy atom. The second kappa shape index (κ2) is 8.44. The summed E-state index contributed by atoms with van der Waals surface area (Å²) in [5.74, 6) is -0.0418. The lowest BCUT2D eigenvalue weighted by Gasteiger charge is -2.23. The number of carbonyl (C=O) groups is 1. The van der Waals surface area contributed by atoms with Gasteiger partial charge >= 0.3 is 0 Å². The van der Waals surface area contributed by atoms with Crippen LogP contribution in [0.4, 0.5) is 0 Å². The van der Waals surface area contributed by atoms with Crippen LogP contribution in [0.2, 0.25) is 0 Å². The molecular formula is C12H24N2O3. The third-order valence-corrected chi connectivity index (χ3v) is 3.05. The largest absolute Gasteiger partial charge is 0.394 e. The van der Waals surface area contributed by atoms with Gasteiger partial charge in [0.1, 0.15) is 0 Å². The van der Waals surface area contributed by atoms with E-state index in [1.165, 1.54) is 0 Å². The predicted molar refractivity (Wildman–Crippen MR) is 65.8 cm³/mol. The molecule has 0 aromatic carbocycles. The van der Waals surface area contributed by atoms with Gasteiger partial charge < -0.3 is 20.5 Å². The molecular weight excluding hydrogens is 220 g/mol. The number of aliphatic hydroxyl groups is 1. The molecule has 5 nitrogen and oxygen atoms in total. The number of hydrogen-bond donors (Lipinski definition) is 3. The highest BCUT2D eigenvalue weighted by atomic mass is 16.5. The number of carbonyl (C=O) groups excluding carboxylic acids is 1. The highest BCUT2D eigenvalue weighted by molar-refractivity contribution is 5.76. The maximum atomic E-state index is 11.5. The van der Waals surface area contributed by atoms with Crippen molar-refractivity contribution in [2.75, 3.05) is 26.3 Å². The van der Waals surface area contributed by atoms with Crippen molar-refractivity contribution in [1.82, 2.24) is 10.6 Å². The van der Waals surface area contributed by atoms with Crippen LogP contribution < -0.4 is 10.6 Å². The number of rotatable bonds is 7.